The Balaban J connectivity index is 3.92. The molecule has 2 unspecified atom stereocenters. The molecule has 0 aliphatic rings. The minimum absolute atomic E-state index is 0.597. The Morgan fingerprint density at radius 3 is 2.10 bits per heavy atom. The van der Waals surface area contributed by atoms with E-state index in [1.807, 2.05) is 6.08 Å². The molecule has 0 heterocycles. The summed E-state index contributed by atoms with van der Waals surface area (Å²) in [6, 6.07) is 0.650. The maximum absolute atomic E-state index is 3.79. The lowest BCUT2D eigenvalue weighted by Gasteiger charge is -2.26. The molecule has 0 amide bonds. The predicted octanol–water partition coefficient (Wildman–Crippen LogP) is 2.15. The zero-order valence-corrected chi connectivity index (χ0v) is 7.59. The van der Waals surface area contributed by atoms with Gasteiger partial charge in [-0.15, -0.1) is 6.58 Å². The van der Waals surface area contributed by atoms with Crippen LogP contribution in [0.3, 0.4) is 0 Å². The van der Waals surface area contributed by atoms with Crippen molar-refractivity contribution in [3.63, 3.8) is 0 Å². The summed E-state index contributed by atoms with van der Waals surface area (Å²) < 4.78 is 0. The van der Waals surface area contributed by atoms with Gasteiger partial charge >= 0.3 is 0 Å². The Kier molecular flexibility index (Phi) is 4.37. The second-order valence-electron chi connectivity index (χ2n) is 3.03. The third-order valence-electron chi connectivity index (χ3n) is 2.06. The van der Waals surface area contributed by atoms with E-state index >= 15 is 0 Å². The van der Waals surface area contributed by atoms with Crippen molar-refractivity contribution in [1.29, 1.82) is 0 Å². The summed E-state index contributed by atoms with van der Waals surface area (Å²) in [5.74, 6) is 0.597. The number of rotatable bonds is 4. The van der Waals surface area contributed by atoms with Gasteiger partial charge in [0.25, 0.3) is 0 Å². The van der Waals surface area contributed by atoms with Gasteiger partial charge in [-0.3, -0.25) is 0 Å². The van der Waals surface area contributed by atoms with Crippen LogP contribution in [0.25, 0.3) is 0 Å². The normalized spacial score (nSPS) is 16.9. The second-order valence-corrected chi connectivity index (χ2v) is 3.03. The average molecular weight is 141 g/mol. The van der Waals surface area contributed by atoms with Gasteiger partial charge in [0, 0.05) is 6.04 Å². The summed E-state index contributed by atoms with van der Waals surface area (Å²) in [4.78, 5) is 2.26. The monoisotopic (exact) mass is 141 g/mol. The molecule has 0 aliphatic carbocycles. The van der Waals surface area contributed by atoms with E-state index in [2.05, 4.69) is 39.4 Å². The molecule has 60 valence electrons. The molecule has 1 heteroatoms. The highest BCUT2D eigenvalue weighted by Crippen LogP contribution is 2.11. The van der Waals surface area contributed by atoms with Crippen molar-refractivity contribution in [2.75, 3.05) is 14.1 Å². The molecule has 0 aromatic rings. The van der Waals surface area contributed by atoms with E-state index < -0.39 is 0 Å². The SMILES string of the molecule is C=CC(C)C(CC)N(C)C. The fourth-order valence-corrected chi connectivity index (χ4v) is 1.36. The average Bonchev–Trinajstić information content (AvgIpc) is 1.88. The van der Waals surface area contributed by atoms with Crippen LogP contribution >= 0.6 is 0 Å². The molecule has 1 nitrogen and oxygen atoms in total. The molecule has 10 heavy (non-hydrogen) atoms. The van der Waals surface area contributed by atoms with Crippen molar-refractivity contribution in [3.8, 4) is 0 Å². The van der Waals surface area contributed by atoms with Crippen molar-refractivity contribution in [2.24, 2.45) is 5.92 Å². The molecule has 0 radical (unpaired) electrons. The van der Waals surface area contributed by atoms with Crippen molar-refractivity contribution >= 4 is 0 Å². The molecule has 0 bridgehead atoms. The highest BCUT2D eigenvalue weighted by atomic mass is 15.1. The van der Waals surface area contributed by atoms with E-state index in [4.69, 9.17) is 0 Å². The van der Waals surface area contributed by atoms with E-state index in [1.165, 1.54) is 6.42 Å². The van der Waals surface area contributed by atoms with Crippen LogP contribution in [-0.4, -0.2) is 25.0 Å². The van der Waals surface area contributed by atoms with Gasteiger partial charge in [-0.05, 0) is 26.4 Å². The van der Waals surface area contributed by atoms with Gasteiger partial charge in [0.05, 0.1) is 0 Å². The van der Waals surface area contributed by atoms with Gasteiger partial charge < -0.3 is 4.90 Å². The quantitative estimate of drug-likeness (QED) is 0.542. The lowest BCUT2D eigenvalue weighted by Crippen LogP contribution is -2.32. The molecule has 2 atom stereocenters. The molecular weight excluding hydrogens is 122 g/mol. The predicted molar refractivity (Wildman–Crippen MR) is 47.1 cm³/mol. The second kappa shape index (κ2) is 4.51. The fourth-order valence-electron chi connectivity index (χ4n) is 1.36. The van der Waals surface area contributed by atoms with Crippen LogP contribution in [0.15, 0.2) is 12.7 Å². The Morgan fingerprint density at radius 1 is 1.50 bits per heavy atom. The van der Waals surface area contributed by atoms with E-state index in [-0.39, 0.29) is 0 Å². The van der Waals surface area contributed by atoms with Crippen molar-refractivity contribution < 1.29 is 0 Å². The van der Waals surface area contributed by atoms with Gasteiger partial charge in [-0.2, -0.15) is 0 Å². The topological polar surface area (TPSA) is 3.24 Å². The summed E-state index contributed by atoms with van der Waals surface area (Å²) >= 11 is 0. The zero-order valence-electron chi connectivity index (χ0n) is 7.59. The number of hydrogen-bond acceptors (Lipinski definition) is 1. The van der Waals surface area contributed by atoms with Gasteiger partial charge in [-0.1, -0.05) is 19.9 Å². The third kappa shape index (κ3) is 2.53. The Labute approximate surface area is 64.7 Å². The first kappa shape index (κ1) is 9.70. The summed E-state index contributed by atoms with van der Waals surface area (Å²) in [6.45, 7) is 8.21. The summed E-state index contributed by atoms with van der Waals surface area (Å²) in [5.41, 5.74) is 0. The van der Waals surface area contributed by atoms with E-state index in [9.17, 15) is 0 Å². The lowest BCUT2D eigenvalue weighted by atomic mass is 9.99. The molecule has 0 aromatic carbocycles. The summed E-state index contributed by atoms with van der Waals surface area (Å²) in [7, 11) is 4.24. The van der Waals surface area contributed by atoms with Crippen LogP contribution in [0.5, 0.6) is 0 Å². The Bertz CT molecular complexity index is 96.9. The molecule has 0 saturated carbocycles. The van der Waals surface area contributed by atoms with E-state index in [0.29, 0.717) is 12.0 Å². The molecule has 0 N–H and O–H groups in total. The Morgan fingerprint density at radius 2 is 2.00 bits per heavy atom. The van der Waals surface area contributed by atoms with Crippen LogP contribution in [0.4, 0.5) is 0 Å². The molecule has 0 aromatic heterocycles. The van der Waals surface area contributed by atoms with Crippen LogP contribution < -0.4 is 0 Å². The third-order valence-corrected chi connectivity index (χ3v) is 2.06. The summed E-state index contributed by atoms with van der Waals surface area (Å²) in [5, 5.41) is 0. The first-order chi connectivity index (χ1) is 4.63. The molecular formula is C9H19N. The van der Waals surface area contributed by atoms with Crippen molar-refractivity contribution in [1.82, 2.24) is 4.90 Å². The smallest absolute Gasteiger partial charge is 0.0147 e. The van der Waals surface area contributed by atoms with Crippen LogP contribution in [0.1, 0.15) is 20.3 Å². The van der Waals surface area contributed by atoms with E-state index in [1.54, 1.807) is 0 Å². The standard InChI is InChI=1S/C9H19N/c1-6-8(3)9(7-2)10(4)5/h6,8-9H,1,7H2,2-5H3. The first-order valence-corrected chi connectivity index (χ1v) is 3.92. The van der Waals surface area contributed by atoms with Crippen molar-refractivity contribution in [3.05, 3.63) is 12.7 Å². The highest BCUT2D eigenvalue weighted by Gasteiger charge is 2.13. The first-order valence-electron chi connectivity index (χ1n) is 3.92. The maximum atomic E-state index is 3.79. The van der Waals surface area contributed by atoms with Gasteiger partial charge in [0.15, 0.2) is 0 Å². The van der Waals surface area contributed by atoms with Gasteiger partial charge in [0.1, 0.15) is 0 Å². The van der Waals surface area contributed by atoms with E-state index in [0.717, 1.165) is 0 Å². The van der Waals surface area contributed by atoms with Gasteiger partial charge in [-0.25, -0.2) is 0 Å². The highest BCUT2D eigenvalue weighted by molar-refractivity contribution is 4.84. The fraction of sp³-hybridized carbons (Fsp3) is 0.778. The van der Waals surface area contributed by atoms with Crippen LogP contribution in [0, 0.1) is 5.92 Å². The number of hydrogen-bond donors (Lipinski definition) is 0. The molecule has 0 fully saturated rings. The Hall–Kier alpha value is -0.300. The molecule has 0 spiro atoms. The van der Waals surface area contributed by atoms with Crippen LogP contribution in [-0.2, 0) is 0 Å². The summed E-state index contributed by atoms with van der Waals surface area (Å²) in [6.07, 6.45) is 3.22. The number of nitrogens with zero attached hydrogens (tertiary/aromatic N) is 1. The van der Waals surface area contributed by atoms with Gasteiger partial charge in [0.2, 0.25) is 0 Å². The molecule has 0 aliphatic heterocycles. The molecule has 0 rings (SSSR count). The lowest BCUT2D eigenvalue weighted by molar-refractivity contribution is 0.241. The minimum atomic E-state index is 0.597. The molecule has 0 saturated heterocycles. The van der Waals surface area contributed by atoms with Crippen molar-refractivity contribution in [2.45, 2.75) is 26.3 Å². The largest absolute Gasteiger partial charge is 0.306 e. The minimum Gasteiger partial charge on any atom is -0.306 e. The maximum Gasteiger partial charge on any atom is 0.0147 e. The van der Waals surface area contributed by atoms with Crippen LogP contribution in [0.2, 0.25) is 0 Å². The zero-order chi connectivity index (χ0) is 8.15.